The smallest absolute Gasteiger partial charge is 0.273 e. The minimum atomic E-state index is -1.04. The number of hydrogen-bond donors (Lipinski definition) is 2. The lowest BCUT2D eigenvalue weighted by atomic mass is 9.93. The average molecular weight is 486 g/mol. The molecule has 0 radical (unpaired) electrons. The van der Waals surface area contributed by atoms with Gasteiger partial charge in [0.25, 0.3) is 11.8 Å². The van der Waals surface area contributed by atoms with Crippen molar-refractivity contribution in [3.05, 3.63) is 52.6 Å². The second-order valence-corrected chi connectivity index (χ2v) is 9.82. The Morgan fingerprint density at radius 3 is 2.59 bits per heavy atom. The van der Waals surface area contributed by atoms with Crippen LogP contribution in [0.4, 0.5) is 0 Å². The number of imidazole rings is 1. The fourth-order valence-electron chi connectivity index (χ4n) is 4.89. The maximum Gasteiger partial charge on any atom is 0.273 e. The summed E-state index contributed by atoms with van der Waals surface area (Å²) in [6.07, 6.45) is 7.00. The van der Waals surface area contributed by atoms with E-state index in [1.807, 2.05) is 31.2 Å². The van der Waals surface area contributed by atoms with Crippen LogP contribution in [0.5, 0.6) is 0 Å². The number of fused-ring (bicyclic) bond motifs is 1. The van der Waals surface area contributed by atoms with Crippen LogP contribution >= 0.6 is 11.6 Å². The lowest BCUT2D eigenvalue weighted by Gasteiger charge is -2.44. The molecule has 0 unspecified atom stereocenters. The number of carbonyl (C=O) groups is 3. The molecule has 0 bridgehead atoms. The summed E-state index contributed by atoms with van der Waals surface area (Å²) in [5.41, 5.74) is 0.348. The summed E-state index contributed by atoms with van der Waals surface area (Å²) in [6.45, 7) is 4.87. The van der Waals surface area contributed by atoms with Crippen molar-refractivity contribution in [3.63, 3.8) is 0 Å². The molecule has 1 atom stereocenters. The maximum atomic E-state index is 13.6. The van der Waals surface area contributed by atoms with Gasteiger partial charge in [-0.15, -0.1) is 0 Å². The Labute approximate surface area is 205 Å². The summed E-state index contributed by atoms with van der Waals surface area (Å²) in [5, 5.41) is 6.67. The van der Waals surface area contributed by atoms with Crippen LogP contribution in [0.25, 0.3) is 0 Å². The van der Waals surface area contributed by atoms with Crippen LogP contribution in [0.15, 0.2) is 30.6 Å². The Kier molecular flexibility index (Phi) is 7.26. The van der Waals surface area contributed by atoms with Crippen molar-refractivity contribution in [1.29, 1.82) is 0 Å². The molecule has 4 rings (SSSR count). The number of carbonyl (C=O) groups excluding carboxylic acids is 3. The Morgan fingerprint density at radius 2 is 1.91 bits per heavy atom. The van der Waals surface area contributed by atoms with Crippen molar-refractivity contribution in [3.8, 4) is 0 Å². The number of aromatic nitrogens is 2. The Morgan fingerprint density at radius 1 is 1.21 bits per heavy atom. The highest BCUT2D eigenvalue weighted by Crippen LogP contribution is 2.30. The van der Waals surface area contributed by atoms with Gasteiger partial charge in [0.2, 0.25) is 5.91 Å². The first-order chi connectivity index (χ1) is 16.3. The molecular formula is C25H32ClN5O3. The Bertz CT molecular complexity index is 1060. The minimum Gasteiger partial charge on any atom is -0.351 e. The van der Waals surface area contributed by atoms with Gasteiger partial charge in [-0.2, -0.15) is 0 Å². The van der Waals surface area contributed by atoms with Crippen LogP contribution in [0.1, 0.15) is 72.5 Å². The van der Waals surface area contributed by atoms with Gasteiger partial charge in [-0.1, -0.05) is 43.5 Å². The van der Waals surface area contributed by atoms with Crippen LogP contribution < -0.4 is 10.6 Å². The molecule has 2 heterocycles. The van der Waals surface area contributed by atoms with E-state index in [2.05, 4.69) is 15.6 Å². The van der Waals surface area contributed by atoms with Crippen LogP contribution in [-0.2, 0) is 17.8 Å². The summed E-state index contributed by atoms with van der Waals surface area (Å²) in [7, 11) is 0. The zero-order valence-corrected chi connectivity index (χ0v) is 20.5. The molecule has 2 aliphatic rings. The third-order valence-electron chi connectivity index (χ3n) is 6.81. The van der Waals surface area contributed by atoms with Crippen molar-refractivity contribution in [2.24, 2.45) is 0 Å². The summed E-state index contributed by atoms with van der Waals surface area (Å²) < 4.78 is 1.65. The topological polar surface area (TPSA) is 96.3 Å². The first-order valence-electron chi connectivity index (χ1n) is 12.0. The SMILES string of the molecule is CCCN1C(=O)c2c(C(=O)NCCc3ccc(Cl)cc3)ncn2C[C@]1(C)C(=O)NC1CCCC1. The fourth-order valence-corrected chi connectivity index (χ4v) is 5.02. The molecule has 0 saturated heterocycles. The van der Waals surface area contributed by atoms with Gasteiger partial charge in [0, 0.05) is 24.2 Å². The van der Waals surface area contributed by atoms with Gasteiger partial charge in [0.15, 0.2) is 5.69 Å². The number of benzene rings is 1. The number of nitrogens with zero attached hydrogens (tertiary/aromatic N) is 3. The predicted octanol–water partition coefficient (Wildman–Crippen LogP) is 3.19. The zero-order valence-electron chi connectivity index (χ0n) is 19.8. The zero-order chi connectivity index (χ0) is 24.3. The first kappa shape index (κ1) is 24.3. The Hall–Kier alpha value is -2.87. The summed E-state index contributed by atoms with van der Waals surface area (Å²) in [6, 6.07) is 7.61. The molecule has 1 aliphatic carbocycles. The van der Waals surface area contributed by atoms with E-state index >= 15 is 0 Å². The Balaban J connectivity index is 1.50. The van der Waals surface area contributed by atoms with Crippen molar-refractivity contribution >= 4 is 29.3 Å². The van der Waals surface area contributed by atoms with E-state index < -0.39 is 11.4 Å². The average Bonchev–Trinajstić information content (AvgIpc) is 3.48. The van der Waals surface area contributed by atoms with E-state index in [4.69, 9.17) is 11.6 Å². The molecule has 1 aromatic heterocycles. The largest absolute Gasteiger partial charge is 0.351 e. The van der Waals surface area contributed by atoms with E-state index in [1.54, 1.807) is 16.4 Å². The van der Waals surface area contributed by atoms with Crippen LogP contribution in [0.3, 0.4) is 0 Å². The van der Waals surface area contributed by atoms with Gasteiger partial charge in [-0.3, -0.25) is 14.4 Å². The van der Waals surface area contributed by atoms with Crippen molar-refractivity contribution in [2.45, 2.75) is 70.5 Å². The molecule has 1 fully saturated rings. The van der Waals surface area contributed by atoms with Crippen LogP contribution in [0, 0.1) is 0 Å². The van der Waals surface area contributed by atoms with E-state index in [1.165, 1.54) is 6.33 Å². The quantitative estimate of drug-likeness (QED) is 0.600. The monoisotopic (exact) mass is 485 g/mol. The molecule has 1 aromatic carbocycles. The highest BCUT2D eigenvalue weighted by atomic mass is 35.5. The number of halogens is 1. The lowest BCUT2D eigenvalue weighted by Crippen LogP contribution is -2.65. The molecule has 3 amide bonds. The molecular weight excluding hydrogens is 454 g/mol. The molecule has 8 nitrogen and oxygen atoms in total. The number of hydrogen-bond acceptors (Lipinski definition) is 4. The van der Waals surface area contributed by atoms with Gasteiger partial charge in [-0.25, -0.2) is 4.98 Å². The molecule has 34 heavy (non-hydrogen) atoms. The predicted molar refractivity (Wildman–Crippen MR) is 130 cm³/mol. The standard InChI is InChI=1S/C25H32ClN5O3/c1-3-14-31-23(33)21-20(22(32)27-13-12-17-8-10-18(26)11-9-17)28-16-30(21)15-25(31,2)24(34)29-19-6-4-5-7-19/h8-11,16,19H,3-7,12-15H2,1-2H3,(H,27,32)(H,29,34)/t25-/m1/s1. The van der Waals surface area contributed by atoms with Gasteiger partial charge < -0.3 is 20.1 Å². The molecule has 182 valence electrons. The normalized spacial score (nSPS) is 20.3. The van der Waals surface area contributed by atoms with E-state index in [-0.39, 0.29) is 35.8 Å². The molecule has 0 spiro atoms. The van der Waals surface area contributed by atoms with Crippen molar-refractivity contribution in [2.75, 3.05) is 13.1 Å². The summed E-state index contributed by atoms with van der Waals surface area (Å²) in [4.78, 5) is 45.7. The first-order valence-corrected chi connectivity index (χ1v) is 12.4. The fraction of sp³-hybridized carbons (Fsp3) is 0.520. The number of amides is 3. The molecule has 1 aliphatic heterocycles. The highest BCUT2D eigenvalue weighted by molar-refractivity contribution is 6.30. The second-order valence-electron chi connectivity index (χ2n) is 9.39. The van der Waals surface area contributed by atoms with Gasteiger partial charge in [0.05, 0.1) is 12.9 Å². The van der Waals surface area contributed by atoms with Crippen LogP contribution in [-0.4, -0.2) is 56.8 Å². The van der Waals surface area contributed by atoms with Gasteiger partial charge in [-0.05, 0) is 50.3 Å². The lowest BCUT2D eigenvalue weighted by molar-refractivity contribution is -0.133. The van der Waals surface area contributed by atoms with Crippen molar-refractivity contribution in [1.82, 2.24) is 25.1 Å². The van der Waals surface area contributed by atoms with E-state index in [0.29, 0.717) is 31.0 Å². The van der Waals surface area contributed by atoms with Crippen LogP contribution in [0.2, 0.25) is 5.02 Å². The second kappa shape index (κ2) is 10.2. The highest BCUT2D eigenvalue weighted by Gasteiger charge is 2.48. The number of nitrogens with one attached hydrogen (secondary N) is 2. The molecule has 1 saturated carbocycles. The molecule has 2 aromatic rings. The maximum absolute atomic E-state index is 13.6. The number of rotatable bonds is 8. The third kappa shape index (κ3) is 4.82. The third-order valence-corrected chi connectivity index (χ3v) is 7.07. The van der Waals surface area contributed by atoms with Gasteiger partial charge >= 0.3 is 0 Å². The van der Waals surface area contributed by atoms with Crippen molar-refractivity contribution < 1.29 is 14.4 Å². The summed E-state index contributed by atoms with van der Waals surface area (Å²) >= 11 is 5.92. The molecule has 9 heteroatoms. The van der Waals surface area contributed by atoms with E-state index in [9.17, 15) is 14.4 Å². The van der Waals surface area contributed by atoms with E-state index in [0.717, 1.165) is 31.2 Å². The summed E-state index contributed by atoms with van der Waals surface area (Å²) in [5.74, 6) is -0.876. The molecule has 2 N–H and O–H groups in total. The van der Waals surface area contributed by atoms with Gasteiger partial charge in [0.1, 0.15) is 11.2 Å². The minimum absolute atomic E-state index is 0.0976.